The van der Waals surface area contributed by atoms with Crippen LogP contribution in [0.25, 0.3) is 10.9 Å². The normalized spacial score (nSPS) is 12.4. The Morgan fingerprint density at radius 1 is 1.41 bits per heavy atom. The summed E-state index contributed by atoms with van der Waals surface area (Å²) in [6.07, 6.45) is 3.23. The van der Waals surface area contributed by atoms with Gasteiger partial charge in [0.15, 0.2) is 0 Å². The van der Waals surface area contributed by atoms with E-state index in [1.54, 1.807) is 6.20 Å². The van der Waals surface area contributed by atoms with Crippen molar-refractivity contribution in [1.29, 1.82) is 0 Å². The average Bonchev–Trinajstić information content (AvgIpc) is 2.81. The Bertz CT molecular complexity index is 770. The van der Waals surface area contributed by atoms with Gasteiger partial charge < -0.3 is 10.7 Å². The van der Waals surface area contributed by atoms with Gasteiger partial charge in [0.25, 0.3) is 5.91 Å². The van der Waals surface area contributed by atoms with Crippen molar-refractivity contribution in [3.8, 4) is 0 Å². The van der Waals surface area contributed by atoms with Crippen molar-refractivity contribution in [2.24, 2.45) is 5.73 Å². The van der Waals surface area contributed by atoms with Crippen LogP contribution in [0.4, 0.5) is 0 Å². The Hall–Kier alpha value is -1.83. The number of nitrogens with one attached hydrogen (secondary N) is 2. The second kappa shape index (κ2) is 7.44. The smallest absolute Gasteiger partial charge is 0.250 e. The third-order valence-electron chi connectivity index (χ3n) is 3.04. The van der Waals surface area contributed by atoms with Crippen molar-refractivity contribution in [1.82, 2.24) is 9.71 Å². The Balaban J connectivity index is 0.00000242. The van der Waals surface area contributed by atoms with Crippen molar-refractivity contribution in [3.05, 3.63) is 48.7 Å². The molecule has 6 nitrogen and oxygen atoms in total. The zero-order valence-corrected chi connectivity index (χ0v) is 13.4. The molecule has 1 heterocycles. The summed E-state index contributed by atoms with van der Waals surface area (Å²) in [5, 5.41) is 0.967. The summed E-state index contributed by atoms with van der Waals surface area (Å²) >= 11 is 0. The molecule has 22 heavy (non-hydrogen) atoms. The van der Waals surface area contributed by atoms with E-state index in [0.29, 0.717) is 0 Å². The number of fused-ring (bicyclic) bond motifs is 1. The number of H-pyrrole nitrogens is 1. The fourth-order valence-electron chi connectivity index (χ4n) is 2.06. The van der Waals surface area contributed by atoms with Crippen LogP contribution in [0.3, 0.4) is 0 Å². The molecule has 0 bridgehead atoms. The second-order valence-corrected chi connectivity index (χ2v) is 6.47. The van der Waals surface area contributed by atoms with Crippen LogP contribution in [-0.4, -0.2) is 31.1 Å². The third kappa shape index (κ3) is 4.33. The van der Waals surface area contributed by atoms with E-state index in [9.17, 15) is 13.2 Å². The molecule has 8 heteroatoms. The number of hydrogen-bond acceptors (Lipinski definition) is 4. The van der Waals surface area contributed by atoms with Gasteiger partial charge >= 0.3 is 0 Å². The molecule has 0 saturated heterocycles. The number of aromatic nitrogens is 1. The molecule has 0 fully saturated rings. The summed E-state index contributed by atoms with van der Waals surface area (Å²) < 4.78 is 24.9. The Kier molecular flexibility index (Phi) is 6.16. The van der Waals surface area contributed by atoms with Crippen LogP contribution >= 0.6 is 12.4 Å². The van der Waals surface area contributed by atoms with Crippen LogP contribution in [0.15, 0.2) is 43.1 Å². The number of para-hydroxylation sites is 1. The van der Waals surface area contributed by atoms with Gasteiger partial charge in [0.1, 0.15) is 0 Å². The van der Waals surface area contributed by atoms with Gasteiger partial charge in [-0.1, -0.05) is 24.3 Å². The van der Waals surface area contributed by atoms with Crippen LogP contribution in [-0.2, 0) is 21.2 Å². The van der Waals surface area contributed by atoms with E-state index in [1.807, 2.05) is 29.0 Å². The highest BCUT2D eigenvalue weighted by Crippen LogP contribution is 2.18. The van der Waals surface area contributed by atoms with E-state index in [1.165, 1.54) is 6.08 Å². The van der Waals surface area contributed by atoms with E-state index in [0.717, 1.165) is 16.5 Å². The predicted octanol–water partition coefficient (Wildman–Crippen LogP) is 1.09. The second-order valence-electron chi connectivity index (χ2n) is 4.71. The van der Waals surface area contributed by atoms with E-state index in [4.69, 9.17) is 5.73 Å². The lowest BCUT2D eigenvalue weighted by Crippen LogP contribution is -2.45. The minimum Gasteiger partial charge on any atom is -0.361 e. The minimum atomic E-state index is -3.70. The van der Waals surface area contributed by atoms with E-state index >= 15 is 0 Å². The number of nitrogens with two attached hydrogens (primary N) is 1. The molecule has 4 N–H and O–H groups in total. The number of benzene rings is 1. The van der Waals surface area contributed by atoms with Crippen molar-refractivity contribution in [2.45, 2.75) is 12.5 Å². The van der Waals surface area contributed by atoms with E-state index in [2.05, 4.69) is 11.6 Å². The molecular weight excluding hydrogens is 326 g/mol. The van der Waals surface area contributed by atoms with E-state index in [-0.39, 0.29) is 24.6 Å². The minimum absolute atomic E-state index is 0. The van der Waals surface area contributed by atoms with Gasteiger partial charge in [-0.15, -0.1) is 19.0 Å². The zero-order valence-electron chi connectivity index (χ0n) is 11.8. The first-order chi connectivity index (χ1) is 9.93. The number of rotatable bonds is 6. The Labute approximate surface area is 135 Å². The molecule has 1 amide bonds. The fourth-order valence-corrected chi connectivity index (χ4v) is 2.91. The molecule has 0 spiro atoms. The number of carbonyl (C=O) groups excluding carboxylic acids is 1. The highest BCUT2D eigenvalue weighted by atomic mass is 35.5. The lowest BCUT2D eigenvalue weighted by atomic mass is 10.1. The van der Waals surface area contributed by atoms with Crippen LogP contribution in [0.5, 0.6) is 0 Å². The van der Waals surface area contributed by atoms with Crippen molar-refractivity contribution >= 4 is 39.2 Å². The van der Waals surface area contributed by atoms with Gasteiger partial charge in [0, 0.05) is 17.1 Å². The maximum atomic E-state index is 11.8. The third-order valence-corrected chi connectivity index (χ3v) is 4.23. The summed E-state index contributed by atoms with van der Waals surface area (Å²) in [6, 6.07) is 6.68. The summed E-state index contributed by atoms with van der Waals surface area (Å²) in [5.74, 6) is -1.04. The SMILES string of the molecule is C=CCS(=O)(=O)NC(=O)[C@@H](N)Cc1c[nH]c2ccccc12.Cl. The summed E-state index contributed by atoms with van der Waals surface area (Å²) in [7, 11) is -3.70. The quantitative estimate of drug-likeness (QED) is 0.683. The van der Waals surface area contributed by atoms with Crippen LogP contribution in [0, 0.1) is 0 Å². The standard InChI is InChI=1S/C14H17N3O3S.ClH/c1-2-7-21(19,20)17-14(18)12(15)8-10-9-16-13-6-4-3-5-11(10)13;/h2-6,9,12,16H,1,7-8,15H2,(H,17,18);1H/t12-;/m0./s1. The van der Waals surface area contributed by atoms with Gasteiger partial charge in [0.05, 0.1) is 11.8 Å². The molecular formula is C14H18ClN3O3S. The first-order valence-corrected chi connectivity index (χ1v) is 8.04. The van der Waals surface area contributed by atoms with Gasteiger partial charge in [-0.25, -0.2) is 8.42 Å². The number of hydrogen-bond donors (Lipinski definition) is 3. The van der Waals surface area contributed by atoms with Crippen molar-refractivity contribution in [3.63, 3.8) is 0 Å². The molecule has 0 aliphatic heterocycles. The lowest BCUT2D eigenvalue weighted by Gasteiger charge is -2.11. The molecule has 120 valence electrons. The molecule has 1 aromatic heterocycles. The maximum Gasteiger partial charge on any atom is 0.250 e. The van der Waals surface area contributed by atoms with Crippen LogP contribution < -0.4 is 10.5 Å². The van der Waals surface area contributed by atoms with Gasteiger partial charge in [-0.05, 0) is 18.1 Å². The molecule has 2 rings (SSSR count). The Morgan fingerprint density at radius 2 is 2.09 bits per heavy atom. The monoisotopic (exact) mass is 343 g/mol. The van der Waals surface area contributed by atoms with Crippen LogP contribution in [0.1, 0.15) is 5.56 Å². The van der Waals surface area contributed by atoms with E-state index < -0.39 is 22.0 Å². The molecule has 0 saturated carbocycles. The molecule has 0 unspecified atom stereocenters. The molecule has 2 aromatic rings. The van der Waals surface area contributed by atoms with Crippen molar-refractivity contribution in [2.75, 3.05) is 5.75 Å². The number of sulfonamides is 1. The lowest BCUT2D eigenvalue weighted by molar-refractivity contribution is -0.120. The van der Waals surface area contributed by atoms with Gasteiger partial charge in [-0.3, -0.25) is 9.52 Å². The maximum absolute atomic E-state index is 11.8. The predicted molar refractivity (Wildman–Crippen MR) is 89.4 cm³/mol. The molecule has 0 aliphatic carbocycles. The average molecular weight is 344 g/mol. The Morgan fingerprint density at radius 3 is 2.77 bits per heavy atom. The highest BCUT2D eigenvalue weighted by molar-refractivity contribution is 7.90. The molecule has 1 atom stereocenters. The first-order valence-electron chi connectivity index (χ1n) is 6.39. The molecule has 0 aliphatic rings. The topological polar surface area (TPSA) is 105 Å². The van der Waals surface area contributed by atoms with Crippen LogP contribution in [0.2, 0.25) is 0 Å². The zero-order chi connectivity index (χ0) is 15.5. The number of carbonyl (C=O) groups is 1. The molecule has 0 radical (unpaired) electrons. The number of amides is 1. The van der Waals surface area contributed by atoms with Gasteiger partial charge in [0.2, 0.25) is 10.0 Å². The number of aromatic amines is 1. The summed E-state index contributed by atoms with van der Waals surface area (Å²) in [6.45, 7) is 3.33. The molecule has 1 aromatic carbocycles. The fraction of sp³-hybridized carbons (Fsp3) is 0.214. The summed E-state index contributed by atoms with van der Waals surface area (Å²) in [4.78, 5) is 14.9. The first kappa shape index (κ1) is 18.2. The number of halogens is 1. The van der Waals surface area contributed by atoms with Gasteiger partial charge in [-0.2, -0.15) is 0 Å². The van der Waals surface area contributed by atoms with Crippen molar-refractivity contribution < 1.29 is 13.2 Å². The summed E-state index contributed by atoms with van der Waals surface area (Å²) in [5.41, 5.74) is 7.60. The largest absolute Gasteiger partial charge is 0.361 e. The highest BCUT2D eigenvalue weighted by Gasteiger charge is 2.20.